The average molecular weight is 305 g/mol. The highest BCUT2D eigenvalue weighted by Gasteiger charge is 2.10. The zero-order chi connectivity index (χ0) is 15.9. The van der Waals surface area contributed by atoms with Crippen LogP contribution in [0.5, 0.6) is 0 Å². The van der Waals surface area contributed by atoms with Crippen LogP contribution in [0.2, 0.25) is 0 Å². The van der Waals surface area contributed by atoms with Crippen molar-refractivity contribution in [1.82, 2.24) is 24.6 Å². The van der Waals surface area contributed by atoms with E-state index in [-0.39, 0.29) is 5.91 Å². The monoisotopic (exact) mass is 305 g/mol. The number of imidazole rings is 1. The number of aromatic nitrogens is 4. The Morgan fingerprint density at radius 1 is 1.45 bits per heavy atom. The van der Waals surface area contributed by atoms with Crippen molar-refractivity contribution in [2.45, 2.75) is 33.4 Å². The van der Waals surface area contributed by atoms with E-state index in [0.717, 1.165) is 24.6 Å². The summed E-state index contributed by atoms with van der Waals surface area (Å²) < 4.78 is 8.95. The molecule has 0 aliphatic rings. The Bertz CT molecular complexity index is 617. The Labute approximate surface area is 130 Å². The zero-order valence-corrected chi connectivity index (χ0v) is 13.4. The molecule has 2 heterocycles. The van der Waals surface area contributed by atoms with Crippen LogP contribution in [0.15, 0.2) is 18.5 Å². The summed E-state index contributed by atoms with van der Waals surface area (Å²) in [6.45, 7) is 6.70. The molecule has 0 radical (unpaired) electrons. The number of aryl methyl sites for hydroxylation is 2. The van der Waals surface area contributed by atoms with Crippen LogP contribution < -0.4 is 5.32 Å². The molecule has 7 nitrogen and oxygen atoms in total. The second-order valence-corrected chi connectivity index (χ2v) is 5.02. The molecule has 0 aliphatic heterocycles. The molecule has 7 heteroatoms. The first-order chi connectivity index (χ1) is 10.7. The molecule has 0 saturated heterocycles. The number of nitrogens with zero attached hydrogens (tertiary/aromatic N) is 4. The lowest BCUT2D eigenvalue weighted by atomic mass is 10.3. The van der Waals surface area contributed by atoms with Gasteiger partial charge in [0.25, 0.3) is 5.91 Å². The van der Waals surface area contributed by atoms with Gasteiger partial charge < -0.3 is 14.6 Å². The van der Waals surface area contributed by atoms with Gasteiger partial charge in [0.2, 0.25) is 0 Å². The number of hydrogen-bond acceptors (Lipinski definition) is 4. The third-order valence-electron chi connectivity index (χ3n) is 3.49. The summed E-state index contributed by atoms with van der Waals surface area (Å²) in [7, 11) is 1.68. The van der Waals surface area contributed by atoms with E-state index >= 15 is 0 Å². The van der Waals surface area contributed by atoms with Crippen LogP contribution in [-0.4, -0.2) is 45.5 Å². The van der Waals surface area contributed by atoms with Gasteiger partial charge in [0.05, 0.1) is 6.61 Å². The summed E-state index contributed by atoms with van der Waals surface area (Å²) in [4.78, 5) is 16.4. The van der Waals surface area contributed by atoms with Gasteiger partial charge in [0.15, 0.2) is 0 Å². The predicted molar refractivity (Wildman–Crippen MR) is 82.8 cm³/mol. The molecule has 1 amide bonds. The first-order valence-electron chi connectivity index (χ1n) is 7.47. The van der Waals surface area contributed by atoms with Crippen LogP contribution in [0.3, 0.4) is 0 Å². The van der Waals surface area contributed by atoms with Crippen LogP contribution >= 0.6 is 0 Å². The smallest absolute Gasteiger partial charge is 0.271 e. The van der Waals surface area contributed by atoms with E-state index in [1.807, 2.05) is 20.0 Å². The Balaban J connectivity index is 1.87. The molecule has 0 saturated carbocycles. The summed E-state index contributed by atoms with van der Waals surface area (Å²) in [5, 5.41) is 7.06. The van der Waals surface area contributed by atoms with Crippen LogP contribution in [0.25, 0.3) is 0 Å². The van der Waals surface area contributed by atoms with Crippen LogP contribution in [0.1, 0.15) is 28.9 Å². The van der Waals surface area contributed by atoms with Crippen molar-refractivity contribution in [2.24, 2.45) is 0 Å². The van der Waals surface area contributed by atoms with Gasteiger partial charge in [-0.05, 0) is 19.9 Å². The number of methoxy groups -OCH3 is 1. The molecule has 2 rings (SSSR count). The van der Waals surface area contributed by atoms with Gasteiger partial charge in [0.1, 0.15) is 11.5 Å². The van der Waals surface area contributed by atoms with E-state index in [1.165, 1.54) is 0 Å². The number of nitrogens with one attached hydrogen (secondary N) is 1. The summed E-state index contributed by atoms with van der Waals surface area (Å²) in [6.07, 6.45) is 4.32. The van der Waals surface area contributed by atoms with Crippen molar-refractivity contribution < 1.29 is 9.53 Å². The van der Waals surface area contributed by atoms with Crippen LogP contribution in [0, 0.1) is 6.92 Å². The summed E-state index contributed by atoms with van der Waals surface area (Å²) in [5.41, 5.74) is 1.54. The SMILES string of the molecule is CCn1ccc(C(=O)NCCc2ncc(C)n2CCOC)n1. The zero-order valence-electron chi connectivity index (χ0n) is 13.4. The van der Waals surface area contributed by atoms with Crippen LogP contribution in [0.4, 0.5) is 0 Å². The Kier molecular flexibility index (Phi) is 5.71. The van der Waals surface area contributed by atoms with Crippen LogP contribution in [-0.2, 0) is 24.2 Å². The third-order valence-corrected chi connectivity index (χ3v) is 3.49. The van der Waals surface area contributed by atoms with Gasteiger partial charge in [-0.2, -0.15) is 5.10 Å². The van der Waals surface area contributed by atoms with E-state index in [4.69, 9.17) is 4.74 Å². The first-order valence-corrected chi connectivity index (χ1v) is 7.47. The minimum absolute atomic E-state index is 0.154. The standard InChI is InChI=1S/C15H23N5O2/c1-4-19-8-6-13(18-19)15(21)16-7-5-14-17-11-12(2)20(14)9-10-22-3/h6,8,11H,4-5,7,9-10H2,1-3H3,(H,16,21). The van der Waals surface area contributed by atoms with Gasteiger partial charge in [-0.25, -0.2) is 4.98 Å². The Morgan fingerprint density at radius 2 is 2.27 bits per heavy atom. The van der Waals surface area contributed by atoms with Crippen molar-refractivity contribution in [3.05, 3.63) is 35.7 Å². The average Bonchev–Trinajstić information content (AvgIpc) is 3.13. The maximum Gasteiger partial charge on any atom is 0.271 e. The first kappa shape index (κ1) is 16.2. The molecule has 0 unspecified atom stereocenters. The largest absolute Gasteiger partial charge is 0.383 e. The highest BCUT2D eigenvalue weighted by Crippen LogP contribution is 2.05. The van der Waals surface area contributed by atoms with Crippen molar-refractivity contribution in [3.8, 4) is 0 Å². The molecule has 0 spiro atoms. The minimum Gasteiger partial charge on any atom is -0.383 e. The fourth-order valence-corrected chi connectivity index (χ4v) is 2.24. The minimum atomic E-state index is -0.154. The van der Waals surface area contributed by atoms with Gasteiger partial charge in [0, 0.05) is 51.3 Å². The molecule has 1 N–H and O–H groups in total. The lowest BCUT2D eigenvalue weighted by Crippen LogP contribution is -2.27. The Hall–Kier alpha value is -2.15. The molecule has 0 aromatic carbocycles. The highest BCUT2D eigenvalue weighted by atomic mass is 16.5. The second kappa shape index (κ2) is 7.74. The summed E-state index contributed by atoms with van der Waals surface area (Å²) in [6, 6.07) is 1.72. The lowest BCUT2D eigenvalue weighted by Gasteiger charge is -2.09. The van der Waals surface area contributed by atoms with Crippen molar-refractivity contribution in [1.29, 1.82) is 0 Å². The number of carbonyl (C=O) groups is 1. The third kappa shape index (κ3) is 3.94. The maximum absolute atomic E-state index is 12.0. The summed E-state index contributed by atoms with van der Waals surface area (Å²) in [5.74, 6) is 0.799. The molecule has 0 fully saturated rings. The van der Waals surface area contributed by atoms with E-state index in [1.54, 1.807) is 24.1 Å². The fraction of sp³-hybridized carbons (Fsp3) is 0.533. The Morgan fingerprint density at radius 3 is 2.95 bits per heavy atom. The van der Waals surface area contributed by atoms with Crippen molar-refractivity contribution in [2.75, 3.05) is 20.3 Å². The molecular formula is C15H23N5O2. The summed E-state index contributed by atoms with van der Waals surface area (Å²) >= 11 is 0. The van der Waals surface area contributed by atoms with E-state index in [2.05, 4.69) is 20.0 Å². The molecule has 0 bridgehead atoms. The number of carbonyl (C=O) groups excluding carboxylic acids is 1. The van der Waals surface area contributed by atoms with E-state index < -0.39 is 0 Å². The molecule has 0 atom stereocenters. The maximum atomic E-state index is 12.0. The molecule has 22 heavy (non-hydrogen) atoms. The number of ether oxygens (including phenoxy) is 1. The van der Waals surface area contributed by atoms with Gasteiger partial charge in [-0.15, -0.1) is 0 Å². The van der Waals surface area contributed by atoms with Crippen molar-refractivity contribution in [3.63, 3.8) is 0 Å². The molecular weight excluding hydrogens is 282 g/mol. The number of amides is 1. The quantitative estimate of drug-likeness (QED) is 0.790. The molecule has 0 aliphatic carbocycles. The highest BCUT2D eigenvalue weighted by molar-refractivity contribution is 5.92. The topological polar surface area (TPSA) is 74.0 Å². The molecule has 120 valence electrons. The predicted octanol–water partition coefficient (Wildman–Crippen LogP) is 1.03. The van der Waals surface area contributed by atoms with Gasteiger partial charge in [-0.3, -0.25) is 9.48 Å². The fourth-order valence-electron chi connectivity index (χ4n) is 2.24. The second-order valence-electron chi connectivity index (χ2n) is 5.02. The molecule has 2 aromatic heterocycles. The van der Waals surface area contributed by atoms with Gasteiger partial charge in [-0.1, -0.05) is 0 Å². The van der Waals surface area contributed by atoms with E-state index in [9.17, 15) is 4.79 Å². The number of rotatable bonds is 8. The van der Waals surface area contributed by atoms with E-state index in [0.29, 0.717) is 25.3 Å². The molecule has 2 aromatic rings. The lowest BCUT2D eigenvalue weighted by molar-refractivity contribution is 0.0948. The normalized spacial score (nSPS) is 10.9. The number of hydrogen-bond donors (Lipinski definition) is 1. The van der Waals surface area contributed by atoms with Crippen molar-refractivity contribution >= 4 is 5.91 Å². The van der Waals surface area contributed by atoms with Gasteiger partial charge >= 0.3 is 0 Å².